The highest BCUT2D eigenvalue weighted by Gasteiger charge is 2.12. The zero-order valence-corrected chi connectivity index (χ0v) is 19.1. The highest BCUT2D eigenvalue weighted by Crippen LogP contribution is 2.31. The topological polar surface area (TPSA) is 77.8 Å². The number of aldehydes is 1. The molecule has 1 atom stereocenters. The van der Waals surface area contributed by atoms with Crippen molar-refractivity contribution in [2.24, 2.45) is 0 Å². The van der Waals surface area contributed by atoms with Crippen LogP contribution in [0.1, 0.15) is 88.6 Å². The van der Waals surface area contributed by atoms with Crippen LogP contribution in [0.25, 0.3) is 0 Å². The lowest BCUT2D eigenvalue weighted by atomic mass is 9.86. The molecule has 0 saturated carbocycles. The van der Waals surface area contributed by atoms with E-state index >= 15 is 0 Å². The van der Waals surface area contributed by atoms with Crippen LogP contribution < -0.4 is 0 Å². The Labute approximate surface area is 181 Å². The number of rotatable bonds is 2. The Morgan fingerprint density at radius 3 is 1.87 bits per heavy atom. The van der Waals surface area contributed by atoms with Gasteiger partial charge in [-0.05, 0) is 31.7 Å². The van der Waals surface area contributed by atoms with Crippen molar-refractivity contribution in [3.8, 4) is 17.2 Å². The summed E-state index contributed by atoms with van der Waals surface area (Å²) in [6, 6.07) is 12.8. The molecule has 166 valence electrons. The first-order chi connectivity index (χ1) is 14.3. The van der Waals surface area contributed by atoms with Gasteiger partial charge in [0, 0.05) is 18.1 Å². The predicted molar refractivity (Wildman–Crippen MR) is 126 cm³/mol. The van der Waals surface area contributed by atoms with E-state index in [2.05, 4.69) is 71.0 Å². The summed E-state index contributed by atoms with van der Waals surface area (Å²) in [4.78, 5) is 10.2. The van der Waals surface area contributed by atoms with Gasteiger partial charge < -0.3 is 15.3 Å². The summed E-state index contributed by atoms with van der Waals surface area (Å²) in [5.41, 5.74) is 2.81. The van der Waals surface area contributed by atoms with Crippen LogP contribution in [0.3, 0.4) is 0 Å². The van der Waals surface area contributed by atoms with Crippen LogP contribution in [-0.4, -0.2) is 21.6 Å². The molecule has 0 unspecified atom stereocenters. The summed E-state index contributed by atoms with van der Waals surface area (Å²) >= 11 is 0. The van der Waals surface area contributed by atoms with E-state index in [9.17, 15) is 4.79 Å². The first kappa shape index (κ1) is 27.2. The summed E-state index contributed by atoms with van der Waals surface area (Å²) in [6.07, 6.45) is 9.20. The number of benzene rings is 2. The van der Waals surface area contributed by atoms with Crippen molar-refractivity contribution in [1.82, 2.24) is 0 Å². The number of hydrogen-bond donors (Lipinski definition) is 3. The van der Waals surface area contributed by atoms with Crippen LogP contribution in [0, 0.1) is 0 Å². The van der Waals surface area contributed by atoms with Crippen LogP contribution in [-0.2, 0) is 0 Å². The molecule has 2 aromatic rings. The molecule has 0 fully saturated rings. The normalized spacial score (nSPS) is 14.4. The van der Waals surface area contributed by atoms with Gasteiger partial charge in [0.25, 0.3) is 0 Å². The van der Waals surface area contributed by atoms with E-state index in [0.717, 1.165) is 12.1 Å². The molecule has 2 aromatic carbocycles. The zero-order chi connectivity index (χ0) is 22.9. The Balaban J connectivity index is 0.000000450. The number of carbonyl (C=O) groups is 1. The highest BCUT2D eigenvalue weighted by atomic mass is 16.3. The molecule has 0 bridgehead atoms. The van der Waals surface area contributed by atoms with Gasteiger partial charge >= 0.3 is 0 Å². The zero-order valence-electron chi connectivity index (χ0n) is 19.1. The molecule has 0 aliphatic heterocycles. The molecule has 0 spiro atoms. The Morgan fingerprint density at radius 2 is 1.43 bits per heavy atom. The molecular weight excluding hydrogens is 376 g/mol. The first-order valence-corrected chi connectivity index (χ1v) is 10.8. The largest absolute Gasteiger partial charge is 0.508 e. The third-order valence-electron chi connectivity index (χ3n) is 4.04. The molecule has 1 aliphatic carbocycles. The molecule has 0 heterocycles. The Morgan fingerprint density at radius 1 is 0.933 bits per heavy atom. The maximum absolute atomic E-state index is 10.2. The number of carbonyl (C=O) groups excluding carboxylic acids is 1. The lowest BCUT2D eigenvalue weighted by molar-refractivity contribution is 0.111. The fourth-order valence-electron chi connectivity index (χ4n) is 2.80. The Hall–Kier alpha value is -2.75. The lowest BCUT2D eigenvalue weighted by Crippen LogP contribution is -2.01. The van der Waals surface area contributed by atoms with E-state index < -0.39 is 11.5 Å². The minimum absolute atomic E-state index is 0.220. The monoisotopic (exact) mass is 414 g/mol. The quantitative estimate of drug-likeness (QED) is 0.354. The molecule has 3 rings (SSSR count). The van der Waals surface area contributed by atoms with E-state index in [-0.39, 0.29) is 11.3 Å². The molecule has 3 N–H and O–H groups in total. The van der Waals surface area contributed by atoms with Gasteiger partial charge in [-0.3, -0.25) is 4.79 Å². The molecule has 4 nitrogen and oxygen atoms in total. The highest BCUT2D eigenvalue weighted by molar-refractivity contribution is 5.83. The molecule has 0 saturated heterocycles. The maximum Gasteiger partial charge on any atom is 0.157 e. The average molecular weight is 415 g/mol. The van der Waals surface area contributed by atoms with E-state index in [0.29, 0.717) is 12.2 Å². The summed E-state index contributed by atoms with van der Waals surface area (Å²) < 4.78 is 0. The number of phenols is 3. The minimum atomic E-state index is -0.433. The van der Waals surface area contributed by atoms with E-state index in [4.69, 9.17) is 15.3 Å². The van der Waals surface area contributed by atoms with Gasteiger partial charge in [-0.15, -0.1) is 0 Å². The van der Waals surface area contributed by atoms with Crippen LogP contribution in [0.15, 0.2) is 54.1 Å². The van der Waals surface area contributed by atoms with Crippen molar-refractivity contribution >= 4 is 6.29 Å². The van der Waals surface area contributed by atoms with Gasteiger partial charge in [0.15, 0.2) is 6.29 Å². The van der Waals surface area contributed by atoms with E-state index in [1.54, 1.807) is 5.57 Å². The van der Waals surface area contributed by atoms with Crippen molar-refractivity contribution in [3.05, 3.63) is 65.2 Å². The van der Waals surface area contributed by atoms with Crippen molar-refractivity contribution in [2.75, 3.05) is 0 Å². The Kier molecular flexibility index (Phi) is 14.6. The van der Waals surface area contributed by atoms with Crippen LogP contribution in [0.5, 0.6) is 17.2 Å². The summed E-state index contributed by atoms with van der Waals surface area (Å²) in [6.45, 7) is 10.7. The fourth-order valence-corrected chi connectivity index (χ4v) is 2.80. The summed E-state index contributed by atoms with van der Waals surface area (Å²) in [5.74, 6) is -0.476. The van der Waals surface area contributed by atoms with Crippen LogP contribution in [0.2, 0.25) is 0 Å². The maximum atomic E-state index is 10.2. The number of aromatic hydroxyl groups is 3. The fraction of sp³-hybridized carbons (Fsp3) is 0.423. The third kappa shape index (κ3) is 10.7. The molecule has 1 aliphatic rings. The first-order valence-electron chi connectivity index (χ1n) is 10.8. The molecule has 0 amide bonds. The van der Waals surface area contributed by atoms with Gasteiger partial charge in [-0.2, -0.15) is 0 Å². The molecule has 0 aromatic heterocycles. The number of phenolic OH excluding ortho intramolecular Hbond substituents is 3. The second kappa shape index (κ2) is 16.1. The second-order valence-electron chi connectivity index (χ2n) is 7.35. The summed E-state index contributed by atoms with van der Waals surface area (Å²) in [5, 5.41) is 26.6. The second-order valence-corrected chi connectivity index (χ2v) is 7.35. The van der Waals surface area contributed by atoms with Crippen molar-refractivity contribution in [1.29, 1.82) is 0 Å². The van der Waals surface area contributed by atoms with Crippen molar-refractivity contribution in [3.63, 3.8) is 0 Å². The SMILES string of the molecule is CC1=C[C@@H](c2ccccc2)CCC1.CCC.CCC.O=Cc1c(O)cc(O)cc1O. The molecule has 4 heteroatoms. The van der Waals surface area contributed by atoms with E-state index in [1.807, 2.05) is 0 Å². The van der Waals surface area contributed by atoms with Crippen LogP contribution >= 0.6 is 0 Å². The smallest absolute Gasteiger partial charge is 0.157 e. The van der Waals surface area contributed by atoms with Gasteiger partial charge in [-0.25, -0.2) is 0 Å². The van der Waals surface area contributed by atoms with Crippen LogP contribution in [0.4, 0.5) is 0 Å². The number of hydrogen-bond acceptors (Lipinski definition) is 4. The van der Waals surface area contributed by atoms with Crippen molar-refractivity contribution < 1.29 is 20.1 Å². The van der Waals surface area contributed by atoms with Gasteiger partial charge in [-0.1, -0.05) is 82.5 Å². The number of allylic oxidation sites excluding steroid dienone is 2. The Bertz CT molecular complexity index is 726. The van der Waals surface area contributed by atoms with Gasteiger partial charge in [0.1, 0.15) is 17.2 Å². The van der Waals surface area contributed by atoms with E-state index in [1.165, 1.54) is 37.7 Å². The van der Waals surface area contributed by atoms with Gasteiger partial charge in [0.05, 0.1) is 5.56 Å². The molecule has 30 heavy (non-hydrogen) atoms. The molecule has 0 radical (unpaired) electrons. The minimum Gasteiger partial charge on any atom is -0.508 e. The molecular formula is C26H38O4. The summed E-state index contributed by atoms with van der Waals surface area (Å²) in [7, 11) is 0. The standard InChI is InChI=1S/C13H16.C7H6O4.2C3H8/c1-11-6-5-9-13(10-11)12-7-3-2-4-8-12;8-3-5-6(10)1-4(9)2-7(5)11;2*1-3-2/h2-4,7-8,10,13H,5-6,9H2,1H3;1-3,9-11H;2*3H2,1-2H3/t13-;;;/m0.../s1. The lowest BCUT2D eigenvalue weighted by Gasteiger charge is -2.19. The van der Waals surface area contributed by atoms with Crippen molar-refractivity contribution in [2.45, 2.75) is 72.6 Å². The average Bonchev–Trinajstić information content (AvgIpc) is 2.70. The van der Waals surface area contributed by atoms with Gasteiger partial charge in [0.2, 0.25) is 0 Å². The predicted octanol–water partition coefficient (Wildman–Crippen LogP) is 7.35. The third-order valence-corrected chi connectivity index (χ3v) is 4.04.